The van der Waals surface area contributed by atoms with E-state index in [0.717, 1.165) is 22.0 Å². The summed E-state index contributed by atoms with van der Waals surface area (Å²) in [6.07, 6.45) is 0.324. The van der Waals surface area contributed by atoms with Crippen LogP contribution in [0.1, 0.15) is 16.7 Å². The second-order valence-corrected chi connectivity index (χ2v) is 7.87. The first-order valence-electron chi connectivity index (χ1n) is 8.05. The molecule has 2 N–H and O–H groups in total. The summed E-state index contributed by atoms with van der Waals surface area (Å²) in [4.78, 5) is 15.2. The second-order valence-electron chi connectivity index (χ2n) is 6.10. The maximum absolute atomic E-state index is 12.4. The van der Waals surface area contributed by atoms with Crippen LogP contribution >= 0.6 is 0 Å². The van der Waals surface area contributed by atoms with Gasteiger partial charge < -0.3 is 4.98 Å². The molecule has 0 aliphatic heterocycles. The summed E-state index contributed by atoms with van der Waals surface area (Å²) in [6.45, 7) is 3.98. The summed E-state index contributed by atoms with van der Waals surface area (Å²) in [6, 6.07) is 14.3. The molecule has 0 amide bonds. The Morgan fingerprint density at radius 3 is 2.52 bits per heavy atom. The molecule has 130 valence electrons. The van der Waals surface area contributed by atoms with Gasteiger partial charge in [0.25, 0.3) is 5.56 Å². The van der Waals surface area contributed by atoms with E-state index >= 15 is 0 Å². The average Bonchev–Trinajstić information content (AvgIpc) is 2.57. The molecule has 0 aliphatic rings. The first kappa shape index (κ1) is 17.4. The van der Waals surface area contributed by atoms with Crippen molar-refractivity contribution in [3.63, 3.8) is 0 Å². The fourth-order valence-corrected chi connectivity index (χ4v) is 3.78. The maximum Gasteiger partial charge on any atom is 0.251 e. The predicted molar refractivity (Wildman–Crippen MR) is 99.4 cm³/mol. The zero-order chi connectivity index (χ0) is 18.0. The highest BCUT2D eigenvalue weighted by molar-refractivity contribution is 7.89. The number of rotatable bonds is 5. The lowest BCUT2D eigenvalue weighted by atomic mass is 10.1. The van der Waals surface area contributed by atoms with Crippen LogP contribution in [0.15, 0.2) is 58.2 Å². The van der Waals surface area contributed by atoms with Gasteiger partial charge in [-0.15, -0.1) is 0 Å². The van der Waals surface area contributed by atoms with Crippen LogP contribution in [0.2, 0.25) is 0 Å². The average molecular weight is 356 g/mol. The molecule has 2 aromatic carbocycles. The number of H-pyrrole nitrogens is 1. The third kappa shape index (κ3) is 3.81. The van der Waals surface area contributed by atoms with E-state index in [-0.39, 0.29) is 17.0 Å². The molecular weight excluding hydrogens is 336 g/mol. The van der Waals surface area contributed by atoms with Gasteiger partial charge in [0.15, 0.2) is 0 Å². The van der Waals surface area contributed by atoms with E-state index in [1.165, 1.54) is 0 Å². The topological polar surface area (TPSA) is 79.0 Å². The van der Waals surface area contributed by atoms with Crippen LogP contribution in [-0.4, -0.2) is 19.9 Å². The fourth-order valence-electron chi connectivity index (χ4n) is 2.66. The number of fused-ring (bicyclic) bond motifs is 1. The third-order valence-corrected chi connectivity index (χ3v) is 5.76. The van der Waals surface area contributed by atoms with E-state index < -0.39 is 10.0 Å². The van der Waals surface area contributed by atoms with Crippen molar-refractivity contribution in [3.8, 4) is 0 Å². The number of nitrogens with one attached hydrogen (secondary N) is 2. The summed E-state index contributed by atoms with van der Waals surface area (Å²) >= 11 is 0. The normalized spacial score (nSPS) is 11.8. The molecule has 6 heteroatoms. The lowest BCUT2D eigenvalue weighted by molar-refractivity contribution is 0.581. The molecule has 3 aromatic rings. The van der Waals surface area contributed by atoms with Gasteiger partial charge in [-0.2, -0.15) is 0 Å². The van der Waals surface area contributed by atoms with Crippen LogP contribution in [0.3, 0.4) is 0 Å². The quantitative estimate of drug-likeness (QED) is 0.738. The predicted octanol–water partition coefficient (Wildman–Crippen LogP) is 2.67. The number of aryl methyl sites for hydroxylation is 2. The van der Waals surface area contributed by atoms with Gasteiger partial charge in [-0.05, 0) is 61.0 Å². The van der Waals surface area contributed by atoms with E-state index in [1.54, 1.807) is 24.3 Å². The number of para-hydroxylation sites is 1. The lowest BCUT2D eigenvalue weighted by Crippen LogP contribution is -2.27. The molecule has 0 saturated carbocycles. The first-order valence-corrected chi connectivity index (χ1v) is 9.53. The van der Waals surface area contributed by atoms with Crippen molar-refractivity contribution in [3.05, 3.63) is 75.6 Å². The van der Waals surface area contributed by atoms with Crippen molar-refractivity contribution in [1.29, 1.82) is 0 Å². The number of benzene rings is 2. The van der Waals surface area contributed by atoms with Crippen LogP contribution < -0.4 is 10.3 Å². The number of pyridine rings is 1. The molecular formula is C19H20N2O3S. The molecule has 25 heavy (non-hydrogen) atoms. The van der Waals surface area contributed by atoms with Crippen molar-refractivity contribution in [1.82, 2.24) is 9.71 Å². The van der Waals surface area contributed by atoms with E-state index in [0.29, 0.717) is 12.0 Å². The highest BCUT2D eigenvalue weighted by atomic mass is 32.2. The molecule has 1 heterocycles. The lowest BCUT2D eigenvalue weighted by Gasteiger charge is -2.09. The maximum atomic E-state index is 12.4. The summed E-state index contributed by atoms with van der Waals surface area (Å²) in [5.74, 6) is 0. The minimum Gasteiger partial charge on any atom is -0.322 e. The Morgan fingerprint density at radius 1 is 1.00 bits per heavy atom. The Balaban J connectivity index is 1.75. The largest absolute Gasteiger partial charge is 0.322 e. The smallest absolute Gasteiger partial charge is 0.251 e. The summed E-state index contributed by atoms with van der Waals surface area (Å²) in [5.41, 5.74) is 3.10. The zero-order valence-electron chi connectivity index (χ0n) is 14.2. The van der Waals surface area contributed by atoms with Crippen LogP contribution in [0.25, 0.3) is 10.9 Å². The molecule has 0 spiro atoms. The van der Waals surface area contributed by atoms with Gasteiger partial charge in [0, 0.05) is 17.6 Å². The zero-order valence-corrected chi connectivity index (χ0v) is 15.0. The van der Waals surface area contributed by atoms with Gasteiger partial charge in [0.05, 0.1) is 4.90 Å². The van der Waals surface area contributed by atoms with E-state index in [9.17, 15) is 13.2 Å². The summed E-state index contributed by atoms with van der Waals surface area (Å²) < 4.78 is 27.3. The molecule has 0 aliphatic carbocycles. The van der Waals surface area contributed by atoms with Gasteiger partial charge in [-0.25, -0.2) is 13.1 Å². The van der Waals surface area contributed by atoms with Crippen molar-refractivity contribution < 1.29 is 8.42 Å². The van der Waals surface area contributed by atoms with Gasteiger partial charge in [0.2, 0.25) is 10.0 Å². The minimum absolute atomic E-state index is 0.163. The third-order valence-electron chi connectivity index (χ3n) is 4.31. The molecule has 0 unspecified atom stereocenters. The summed E-state index contributed by atoms with van der Waals surface area (Å²) in [5, 5.41) is 0.925. The fraction of sp³-hybridized carbons (Fsp3) is 0.211. The van der Waals surface area contributed by atoms with Gasteiger partial charge in [-0.1, -0.05) is 24.3 Å². The van der Waals surface area contributed by atoms with E-state index in [1.807, 2.05) is 38.1 Å². The minimum atomic E-state index is -3.59. The monoisotopic (exact) mass is 356 g/mol. The van der Waals surface area contributed by atoms with Gasteiger partial charge >= 0.3 is 0 Å². The van der Waals surface area contributed by atoms with Crippen molar-refractivity contribution >= 4 is 20.9 Å². The molecule has 0 saturated heterocycles. The van der Waals surface area contributed by atoms with Crippen LogP contribution in [0.5, 0.6) is 0 Å². The Kier molecular flexibility index (Phi) is 4.74. The van der Waals surface area contributed by atoms with Gasteiger partial charge in [0.1, 0.15) is 0 Å². The van der Waals surface area contributed by atoms with Crippen molar-refractivity contribution in [2.75, 3.05) is 6.54 Å². The SMILES string of the molecule is Cc1ccc(S(=O)(=O)NCCc2cc3ccccc3[nH]c2=O)cc1C. The molecule has 5 nitrogen and oxygen atoms in total. The molecule has 0 bridgehead atoms. The van der Waals surface area contributed by atoms with Crippen LogP contribution in [0, 0.1) is 13.8 Å². The molecule has 3 rings (SSSR count). The first-order chi connectivity index (χ1) is 11.9. The molecule has 0 atom stereocenters. The molecule has 0 radical (unpaired) electrons. The Labute approximate surface area is 146 Å². The molecule has 0 fully saturated rings. The standard InChI is InChI=1S/C19H20N2O3S/c1-13-7-8-17(11-14(13)2)25(23,24)20-10-9-16-12-15-5-3-4-6-18(15)21-19(16)22/h3-8,11-12,20H,9-10H2,1-2H3,(H,21,22). The summed E-state index contributed by atoms with van der Waals surface area (Å²) in [7, 11) is -3.59. The Morgan fingerprint density at radius 2 is 1.76 bits per heavy atom. The number of sulfonamides is 1. The van der Waals surface area contributed by atoms with Crippen LogP contribution in [-0.2, 0) is 16.4 Å². The number of hydrogen-bond acceptors (Lipinski definition) is 3. The number of aromatic amines is 1. The van der Waals surface area contributed by atoms with Crippen molar-refractivity contribution in [2.24, 2.45) is 0 Å². The van der Waals surface area contributed by atoms with Crippen molar-refractivity contribution in [2.45, 2.75) is 25.2 Å². The number of hydrogen-bond donors (Lipinski definition) is 2. The Bertz CT molecular complexity index is 1090. The Hall–Kier alpha value is -2.44. The second kappa shape index (κ2) is 6.82. The van der Waals surface area contributed by atoms with Gasteiger partial charge in [-0.3, -0.25) is 4.79 Å². The highest BCUT2D eigenvalue weighted by Crippen LogP contribution is 2.15. The van der Waals surface area contributed by atoms with Crippen LogP contribution in [0.4, 0.5) is 0 Å². The highest BCUT2D eigenvalue weighted by Gasteiger charge is 2.14. The number of aromatic nitrogens is 1. The van der Waals surface area contributed by atoms with E-state index in [4.69, 9.17) is 0 Å². The van der Waals surface area contributed by atoms with E-state index in [2.05, 4.69) is 9.71 Å². The molecule has 1 aromatic heterocycles.